The van der Waals surface area contributed by atoms with E-state index in [0.29, 0.717) is 11.6 Å². The molecular formula is C15H24ClNO. The molecule has 0 unspecified atom stereocenters. The maximum Gasteiger partial charge on any atom is 0.152 e. The normalized spacial score (nSPS) is 10.2. The van der Waals surface area contributed by atoms with Crippen molar-refractivity contribution < 1.29 is 4.52 Å². The Balaban J connectivity index is 0. The number of hydrogen-bond donors (Lipinski definition) is 0. The highest BCUT2D eigenvalue weighted by Crippen LogP contribution is 2.16. The Morgan fingerprint density at radius 2 is 2.00 bits per heavy atom. The molecule has 2 nitrogen and oxygen atoms in total. The summed E-state index contributed by atoms with van der Waals surface area (Å²) >= 11 is 5.61. The van der Waals surface area contributed by atoms with Crippen LogP contribution in [0.2, 0.25) is 0 Å². The van der Waals surface area contributed by atoms with E-state index < -0.39 is 0 Å². The zero-order chi connectivity index (χ0) is 14.4. The highest BCUT2D eigenvalue weighted by molar-refractivity contribution is 6.16. The van der Waals surface area contributed by atoms with E-state index in [1.165, 1.54) is 0 Å². The van der Waals surface area contributed by atoms with Crippen molar-refractivity contribution >= 4 is 17.2 Å². The van der Waals surface area contributed by atoms with E-state index in [4.69, 9.17) is 16.1 Å². The summed E-state index contributed by atoms with van der Waals surface area (Å²) < 4.78 is 4.99. The van der Waals surface area contributed by atoms with Crippen LogP contribution in [0.15, 0.2) is 41.5 Å². The maximum atomic E-state index is 5.61. The fourth-order valence-electron chi connectivity index (χ4n) is 1.01. The molecule has 0 atom stereocenters. The molecular weight excluding hydrogens is 246 g/mol. The predicted octanol–water partition coefficient (Wildman–Crippen LogP) is 5.61. The molecule has 1 aromatic heterocycles. The Hall–Kier alpha value is -1.28. The van der Waals surface area contributed by atoms with Crippen molar-refractivity contribution in [2.75, 3.05) is 0 Å². The Morgan fingerprint density at radius 3 is 2.39 bits per heavy atom. The van der Waals surface area contributed by atoms with Crippen LogP contribution in [0, 0.1) is 0 Å². The number of alkyl halides is 1. The van der Waals surface area contributed by atoms with Crippen LogP contribution in [-0.4, -0.2) is 5.16 Å². The SMILES string of the molecule is C=C/C=C\C(=C/C)c1cc(CCl)on1.CC.CC. The van der Waals surface area contributed by atoms with Gasteiger partial charge >= 0.3 is 0 Å². The molecule has 0 aliphatic carbocycles. The molecule has 3 heteroatoms. The number of rotatable bonds is 4. The molecule has 0 fully saturated rings. The quantitative estimate of drug-likeness (QED) is 0.524. The monoisotopic (exact) mass is 269 g/mol. The average molecular weight is 270 g/mol. The van der Waals surface area contributed by atoms with Crippen LogP contribution in [0.5, 0.6) is 0 Å². The third-order valence-electron chi connectivity index (χ3n) is 1.71. The summed E-state index contributed by atoms with van der Waals surface area (Å²) in [7, 11) is 0. The van der Waals surface area contributed by atoms with Gasteiger partial charge in [0.2, 0.25) is 0 Å². The minimum atomic E-state index is 0.342. The van der Waals surface area contributed by atoms with Crippen LogP contribution in [0.4, 0.5) is 0 Å². The second kappa shape index (κ2) is 13.8. The second-order valence-electron chi connectivity index (χ2n) is 2.65. The molecule has 0 aliphatic rings. The van der Waals surface area contributed by atoms with Crippen molar-refractivity contribution in [1.82, 2.24) is 5.16 Å². The lowest BCUT2D eigenvalue weighted by atomic mass is 10.1. The summed E-state index contributed by atoms with van der Waals surface area (Å²) in [5.74, 6) is 1.02. The van der Waals surface area contributed by atoms with Gasteiger partial charge in [-0.3, -0.25) is 0 Å². The van der Waals surface area contributed by atoms with Gasteiger partial charge < -0.3 is 4.52 Å². The zero-order valence-corrected chi connectivity index (χ0v) is 12.8. The fourth-order valence-corrected chi connectivity index (χ4v) is 1.14. The van der Waals surface area contributed by atoms with Crippen molar-refractivity contribution in [3.8, 4) is 0 Å². The first-order valence-electron chi connectivity index (χ1n) is 6.29. The van der Waals surface area contributed by atoms with Gasteiger partial charge in [-0.15, -0.1) is 11.6 Å². The number of nitrogens with zero attached hydrogens (tertiary/aromatic N) is 1. The van der Waals surface area contributed by atoms with Crippen LogP contribution in [0.25, 0.3) is 5.57 Å². The van der Waals surface area contributed by atoms with Gasteiger partial charge in [0.25, 0.3) is 0 Å². The van der Waals surface area contributed by atoms with Crippen molar-refractivity contribution in [3.05, 3.63) is 48.4 Å². The van der Waals surface area contributed by atoms with Gasteiger partial charge in [-0.2, -0.15) is 0 Å². The van der Waals surface area contributed by atoms with Crippen molar-refractivity contribution in [3.63, 3.8) is 0 Å². The van der Waals surface area contributed by atoms with Crippen molar-refractivity contribution in [2.45, 2.75) is 40.5 Å². The van der Waals surface area contributed by atoms with Crippen LogP contribution < -0.4 is 0 Å². The lowest BCUT2D eigenvalue weighted by Gasteiger charge is -1.91. The molecule has 1 aromatic rings. The number of halogens is 1. The summed E-state index contributed by atoms with van der Waals surface area (Å²) in [6.07, 6.45) is 7.44. The van der Waals surface area contributed by atoms with Crippen LogP contribution in [-0.2, 0) is 5.88 Å². The molecule has 0 radical (unpaired) electrons. The van der Waals surface area contributed by atoms with Crippen LogP contribution >= 0.6 is 11.6 Å². The van der Waals surface area contributed by atoms with E-state index in [1.54, 1.807) is 6.08 Å². The number of aromatic nitrogens is 1. The topological polar surface area (TPSA) is 26.0 Å². The molecule has 1 rings (SSSR count). The first kappa shape index (κ1) is 19.1. The molecule has 0 amide bonds. The van der Waals surface area contributed by atoms with Crippen LogP contribution in [0.3, 0.4) is 0 Å². The maximum absolute atomic E-state index is 5.61. The largest absolute Gasteiger partial charge is 0.359 e. The van der Waals surface area contributed by atoms with E-state index in [9.17, 15) is 0 Å². The van der Waals surface area contributed by atoms with Gasteiger partial charge in [-0.1, -0.05) is 63.7 Å². The molecule has 1 heterocycles. The van der Waals surface area contributed by atoms with E-state index in [-0.39, 0.29) is 0 Å². The molecule has 102 valence electrons. The van der Waals surface area contributed by atoms with E-state index in [0.717, 1.165) is 11.3 Å². The van der Waals surface area contributed by atoms with Gasteiger partial charge in [0.1, 0.15) is 5.69 Å². The first-order chi connectivity index (χ1) is 8.81. The summed E-state index contributed by atoms with van der Waals surface area (Å²) in [6, 6.07) is 1.83. The Labute approximate surface area is 116 Å². The van der Waals surface area contributed by atoms with Gasteiger partial charge in [-0.25, -0.2) is 0 Å². The number of allylic oxidation sites excluding steroid dienone is 5. The molecule has 0 N–H and O–H groups in total. The summed E-state index contributed by atoms with van der Waals surface area (Å²) in [5, 5.41) is 3.90. The Bertz CT molecular complexity index is 364. The third kappa shape index (κ3) is 7.13. The summed E-state index contributed by atoms with van der Waals surface area (Å²) in [6.45, 7) is 13.5. The minimum absolute atomic E-state index is 0.342. The third-order valence-corrected chi connectivity index (χ3v) is 1.97. The standard InChI is InChI=1S/C11H12ClNO.2C2H6/c1-3-5-6-9(4-2)11-7-10(8-12)14-13-11;2*1-2/h3-7H,1,8H2,2H3;2*1-2H3/b6-5-,9-4+;;. The smallest absolute Gasteiger partial charge is 0.152 e. The van der Waals surface area contributed by atoms with Crippen molar-refractivity contribution in [2.24, 2.45) is 0 Å². The highest BCUT2D eigenvalue weighted by Gasteiger charge is 2.04. The molecule has 0 saturated carbocycles. The molecule has 0 bridgehead atoms. The predicted molar refractivity (Wildman–Crippen MR) is 81.7 cm³/mol. The summed E-state index contributed by atoms with van der Waals surface area (Å²) in [4.78, 5) is 0. The zero-order valence-electron chi connectivity index (χ0n) is 12.0. The average Bonchev–Trinajstić information content (AvgIpc) is 2.93. The van der Waals surface area contributed by atoms with Gasteiger partial charge in [-0.05, 0) is 12.5 Å². The van der Waals surface area contributed by atoms with E-state index >= 15 is 0 Å². The first-order valence-corrected chi connectivity index (χ1v) is 6.82. The molecule has 0 saturated heterocycles. The van der Waals surface area contributed by atoms with Gasteiger partial charge in [0.05, 0.1) is 5.88 Å². The Kier molecular flexibility index (Phi) is 14.6. The highest BCUT2D eigenvalue weighted by atomic mass is 35.5. The molecule has 18 heavy (non-hydrogen) atoms. The van der Waals surface area contributed by atoms with Gasteiger partial charge in [0.15, 0.2) is 5.76 Å². The lowest BCUT2D eigenvalue weighted by Crippen LogP contribution is -1.78. The van der Waals surface area contributed by atoms with Gasteiger partial charge in [0, 0.05) is 6.07 Å². The number of hydrogen-bond acceptors (Lipinski definition) is 2. The Morgan fingerprint density at radius 1 is 1.39 bits per heavy atom. The molecule has 0 aromatic carbocycles. The van der Waals surface area contributed by atoms with Crippen LogP contribution in [0.1, 0.15) is 46.1 Å². The minimum Gasteiger partial charge on any atom is -0.359 e. The van der Waals surface area contributed by atoms with E-state index in [2.05, 4.69) is 11.7 Å². The lowest BCUT2D eigenvalue weighted by molar-refractivity contribution is 0.393. The molecule has 0 aliphatic heterocycles. The summed E-state index contributed by atoms with van der Waals surface area (Å²) in [5.41, 5.74) is 1.78. The fraction of sp³-hybridized carbons (Fsp3) is 0.400. The molecule has 0 spiro atoms. The second-order valence-corrected chi connectivity index (χ2v) is 2.92. The van der Waals surface area contributed by atoms with Crippen molar-refractivity contribution in [1.29, 1.82) is 0 Å². The van der Waals surface area contributed by atoms with E-state index in [1.807, 2.05) is 58.9 Å².